The molecular formula is C19H22S. The van der Waals surface area contributed by atoms with Gasteiger partial charge in [0.1, 0.15) is 0 Å². The molecule has 0 radical (unpaired) electrons. The molecule has 0 atom stereocenters. The van der Waals surface area contributed by atoms with Crippen molar-refractivity contribution in [2.45, 2.75) is 33.1 Å². The van der Waals surface area contributed by atoms with Gasteiger partial charge in [-0.05, 0) is 30.4 Å². The minimum Gasteiger partial charge on any atom is -0.0837 e. The van der Waals surface area contributed by atoms with Gasteiger partial charge in [-0.25, -0.2) is 0 Å². The number of thiocarbonyl (C=S) groups is 1. The molecule has 0 aliphatic carbocycles. The molecule has 2 rings (SSSR count). The molecule has 0 aromatic heterocycles. The van der Waals surface area contributed by atoms with Crippen molar-refractivity contribution < 1.29 is 0 Å². The Kier molecular flexibility index (Phi) is 5.08. The van der Waals surface area contributed by atoms with Gasteiger partial charge in [0.2, 0.25) is 0 Å². The Bertz CT molecular complexity index is 540. The third-order valence-corrected chi connectivity index (χ3v) is 4.55. The van der Waals surface area contributed by atoms with Crippen LogP contribution >= 0.6 is 12.2 Å². The molecule has 0 nitrogen and oxygen atoms in total. The molecule has 2 aromatic rings. The summed E-state index contributed by atoms with van der Waals surface area (Å²) < 4.78 is 0. The lowest BCUT2D eigenvalue weighted by atomic mass is 9.80. The fourth-order valence-corrected chi connectivity index (χ4v) is 2.71. The Hall–Kier alpha value is -1.47. The van der Waals surface area contributed by atoms with Crippen LogP contribution in [-0.4, -0.2) is 4.86 Å². The van der Waals surface area contributed by atoms with Crippen molar-refractivity contribution in [3.8, 4) is 0 Å². The van der Waals surface area contributed by atoms with E-state index >= 15 is 0 Å². The quantitative estimate of drug-likeness (QED) is 0.501. The first-order valence-corrected chi connectivity index (χ1v) is 7.64. The van der Waals surface area contributed by atoms with E-state index in [9.17, 15) is 0 Å². The fourth-order valence-electron chi connectivity index (χ4n) is 2.47. The van der Waals surface area contributed by atoms with Crippen LogP contribution in [0.25, 0.3) is 0 Å². The van der Waals surface area contributed by atoms with Gasteiger partial charge in [0, 0.05) is 10.3 Å². The standard InChI is InChI=1S/C19H22S/c1-19(2,18(20)17-13-7-4-8-14-17)15-9-12-16-10-5-3-6-11-16/h3-8,10-11,13-14H,9,12,15H2,1-2H3. The van der Waals surface area contributed by atoms with Crippen molar-refractivity contribution in [1.82, 2.24) is 0 Å². The second-order valence-electron chi connectivity index (χ2n) is 5.92. The smallest absolute Gasteiger partial charge is 0.0280 e. The average molecular weight is 282 g/mol. The van der Waals surface area contributed by atoms with Crippen LogP contribution < -0.4 is 0 Å². The maximum absolute atomic E-state index is 5.69. The Morgan fingerprint density at radius 1 is 0.900 bits per heavy atom. The lowest BCUT2D eigenvalue weighted by molar-refractivity contribution is 0.463. The van der Waals surface area contributed by atoms with Crippen molar-refractivity contribution in [2.24, 2.45) is 5.41 Å². The number of hydrogen-bond acceptors (Lipinski definition) is 1. The Morgan fingerprint density at radius 3 is 2.05 bits per heavy atom. The molecule has 0 aliphatic rings. The highest BCUT2D eigenvalue weighted by atomic mass is 32.1. The van der Waals surface area contributed by atoms with Crippen LogP contribution in [0.2, 0.25) is 0 Å². The van der Waals surface area contributed by atoms with Gasteiger partial charge in [0.25, 0.3) is 0 Å². The summed E-state index contributed by atoms with van der Waals surface area (Å²) in [6, 6.07) is 21.0. The van der Waals surface area contributed by atoms with E-state index in [0.29, 0.717) is 0 Å². The molecule has 2 aromatic carbocycles. The Morgan fingerprint density at radius 2 is 1.45 bits per heavy atom. The first kappa shape index (κ1) is 14.9. The van der Waals surface area contributed by atoms with Crippen molar-refractivity contribution >= 4 is 17.1 Å². The molecule has 0 N–H and O–H groups in total. The zero-order chi connectivity index (χ0) is 14.4. The first-order valence-electron chi connectivity index (χ1n) is 7.23. The third-order valence-electron chi connectivity index (χ3n) is 3.76. The second-order valence-corrected chi connectivity index (χ2v) is 6.33. The Balaban J connectivity index is 1.92. The van der Waals surface area contributed by atoms with Crippen LogP contribution in [0.15, 0.2) is 60.7 Å². The number of rotatable bonds is 6. The maximum Gasteiger partial charge on any atom is 0.0280 e. The minimum absolute atomic E-state index is 0.0749. The predicted molar refractivity (Wildman–Crippen MR) is 91.3 cm³/mol. The third kappa shape index (κ3) is 4.01. The number of aryl methyl sites for hydroxylation is 1. The second kappa shape index (κ2) is 6.81. The molecule has 0 aliphatic heterocycles. The molecule has 0 spiro atoms. The SMILES string of the molecule is CC(C)(CCCc1ccccc1)C(=S)c1ccccc1. The van der Waals surface area contributed by atoms with Gasteiger partial charge in [-0.2, -0.15) is 0 Å². The van der Waals surface area contributed by atoms with Crippen LogP contribution in [0.1, 0.15) is 37.8 Å². The fraction of sp³-hybridized carbons (Fsp3) is 0.316. The number of benzene rings is 2. The largest absolute Gasteiger partial charge is 0.0837 e. The first-order chi connectivity index (χ1) is 9.59. The maximum atomic E-state index is 5.69. The zero-order valence-electron chi connectivity index (χ0n) is 12.3. The monoisotopic (exact) mass is 282 g/mol. The van der Waals surface area contributed by atoms with Crippen LogP contribution in [0.4, 0.5) is 0 Å². The summed E-state index contributed by atoms with van der Waals surface area (Å²) in [5, 5.41) is 0. The molecule has 20 heavy (non-hydrogen) atoms. The summed E-state index contributed by atoms with van der Waals surface area (Å²) in [5.74, 6) is 0. The zero-order valence-corrected chi connectivity index (χ0v) is 13.1. The molecule has 104 valence electrons. The molecule has 0 heterocycles. The van der Waals surface area contributed by atoms with Crippen LogP contribution in [0.5, 0.6) is 0 Å². The van der Waals surface area contributed by atoms with Gasteiger partial charge >= 0.3 is 0 Å². The van der Waals surface area contributed by atoms with E-state index in [1.807, 2.05) is 6.07 Å². The van der Waals surface area contributed by atoms with E-state index < -0.39 is 0 Å². The van der Waals surface area contributed by atoms with Crippen LogP contribution in [-0.2, 0) is 6.42 Å². The van der Waals surface area contributed by atoms with Crippen LogP contribution in [0.3, 0.4) is 0 Å². The van der Waals surface area contributed by atoms with Gasteiger partial charge in [0.15, 0.2) is 0 Å². The van der Waals surface area contributed by atoms with Gasteiger partial charge in [-0.15, -0.1) is 0 Å². The molecule has 0 saturated heterocycles. The minimum atomic E-state index is 0.0749. The summed E-state index contributed by atoms with van der Waals surface area (Å²) in [7, 11) is 0. The van der Waals surface area contributed by atoms with Gasteiger partial charge in [-0.1, -0.05) is 86.7 Å². The lowest BCUT2D eigenvalue weighted by Gasteiger charge is -2.26. The molecule has 0 bridgehead atoms. The van der Waals surface area contributed by atoms with Crippen molar-refractivity contribution in [3.05, 3.63) is 71.8 Å². The summed E-state index contributed by atoms with van der Waals surface area (Å²) in [6.45, 7) is 4.51. The summed E-state index contributed by atoms with van der Waals surface area (Å²) in [6.07, 6.45) is 3.42. The lowest BCUT2D eigenvalue weighted by Crippen LogP contribution is -2.23. The van der Waals surface area contributed by atoms with Crippen molar-refractivity contribution in [2.75, 3.05) is 0 Å². The normalized spacial score (nSPS) is 11.3. The summed E-state index contributed by atoms with van der Waals surface area (Å²) in [4.78, 5) is 1.08. The Labute approximate surface area is 127 Å². The van der Waals surface area contributed by atoms with E-state index in [4.69, 9.17) is 12.2 Å². The molecule has 0 unspecified atom stereocenters. The van der Waals surface area contributed by atoms with E-state index in [2.05, 4.69) is 68.4 Å². The van der Waals surface area contributed by atoms with E-state index in [1.165, 1.54) is 17.5 Å². The molecule has 0 saturated carbocycles. The summed E-state index contributed by atoms with van der Waals surface area (Å²) >= 11 is 5.69. The molecule has 0 fully saturated rings. The van der Waals surface area contributed by atoms with E-state index in [-0.39, 0.29) is 5.41 Å². The predicted octanol–water partition coefficient (Wildman–Crippen LogP) is 5.45. The average Bonchev–Trinajstić information content (AvgIpc) is 2.48. The van der Waals surface area contributed by atoms with Gasteiger partial charge < -0.3 is 0 Å². The highest BCUT2D eigenvalue weighted by Gasteiger charge is 2.24. The van der Waals surface area contributed by atoms with Crippen LogP contribution in [0, 0.1) is 5.41 Å². The van der Waals surface area contributed by atoms with E-state index in [1.54, 1.807) is 0 Å². The van der Waals surface area contributed by atoms with Gasteiger partial charge in [0.05, 0.1) is 0 Å². The van der Waals surface area contributed by atoms with Crippen molar-refractivity contribution in [1.29, 1.82) is 0 Å². The number of hydrogen-bond donors (Lipinski definition) is 0. The molecule has 1 heteroatoms. The highest BCUT2D eigenvalue weighted by Crippen LogP contribution is 2.29. The molecular weight excluding hydrogens is 260 g/mol. The van der Waals surface area contributed by atoms with E-state index in [0.717, 1.165) is 17.7 Å². The summed E-state index contributed by atoms with van der Waals surface area (Å²) in [5.41, 5.74) is 2.67. The topological polar surface area (TPSA) is 0 Å². The van der Waals surface area contributed by atoms with Crippen molar-refractivity contribution in [3.63, 3.8) is 0 Å². The molecule has 0 amide bonds. The highest BCUT2D eigenvalue weighted by molar-refractivity contribution is 7.81. The van der Waals surface area contributed by atoms with Gasteiger partial charge in [-0.3, -0.25) is 0 Å².